The third-order valence-electron chi connectivity index (χ3n) is 2.55. The first kappa shape index (κ1) is 16.6. The van der Waals surface area contributed by atoms with Gasteiger partial charge in [0.05, 0.1) is 24.0 Å². The summed E-state index contributed by atoms with van der Waals surface area (Å²) in [4.78, 5) is 0. The van der Waals surface area contributed by atoms with Crippen LogP contribution in [0.3, 0.4) is 0 Å². The van der Waals surface area contributed by atoms with Crippen molar-refractivity contribution in [2.75, 3.05) is 33.4 Å². The molecule has 1 aromatic carbocycles. The number of nitrogens with zero attached hydrogens (tertiary/aromatic N) is 1. The number of nitrogens with one attached hydrogen (secondary N) is 2. The van der Waals surface area contributed by atoms with Gasteiger partial charge in [0, 0.05) is 26.7 Å². The van der Waals surface area contributed by atoms with E-state index in [1.54, 1.807) is 31.4 Å². The summed E-state index contributed by atoms with van der Waals surface area (Å²) in [5.41, 5.74) is 1.17. The van der Waals surface area contributed by atoms with Crippen molar-refractivity contribution in [3.63, 3.8) is 0 Å². The van der Waals surface area contributed by atoms with Crippen molar-refractivity contribution in [2.24, 2.45) is 0 Å². The lowest BCUT2D eigenvalue weighted by molar-refractivity contribution is 0.199. The summed E-state index contributed by atoms with van der Waals surface area (Å²) in [6, 6.07) is 8.50. The first-order valence-corrected chi connectivity index (χ1v) is 7.88. The van der Waals surface area contributed by atoms with Crippen molar-refractivity contribution in [2.45, 2.75) is 5.75 Å². The molecule has 0 aliphatic heterocycles. The smallest absolute Gasteiger partial charge is 0.215 e. The van der Waals surface area contributed by atoms with Crippen molar-refractivity contribution >= 4 is 10.0 Å². The highest BCUT2D eigenvalue weighted by atomic mass is 32.2. The summed E-state index contributed by atoms with van der Waals surface area (Å²) in [6.45, 7) is 2.17. The van der Waals surface area contributed by atoms with Crippen LogP contribution in [-0.4, -0.2) is 41.8 Å². The van der Waals surface area contributed by atoms with Gasteiger partial charge in [0.25, 0.3) is 0 Å². The normalized spacial score (nSPS) is 11.2. The molecule has 0 aliphatic rings. The van der Waals surface area contributed by atoms with Gasteiger partial charge in [-0.15, -0.1) is 0 Å². The average molecular weight is 297 g/mol. The van der Waals surface area contributed by atoms with Crippen molar-refractivity contribution < 1.29 is 13.2 Å². The molecule has 7 heteroatoms. The van der Waals surface area contributed by atoms with Crippen LogP contribution >= 0.6 is 0 Å². The Labute approximate surface area is 119 Å². The number of hydrogen-bond acceptors (Lipinski definition) is 5. The Kier molecular flexibility index (Phi) is 7.18. The fourth-order valence-electron chi connectivity index (χ4n) is 1.54. The van der Waals surface area contributed by atoms with Crippen LogP contribution in [0.15, 0.2) is 24.3 Å². The van der Waals surface area contributed by atoms with Crippen molar-refractivity contribution in [1.82, 2.24) is 10.0 Å². The molecule has 0 spiro atoms. The highest BCUT2D eigenvalue weighted by molar-refractivity contribution is 7.88. The largest absolute Gasteiger partial charge is 0.383 e. The molecule has 0 heterocycles. The van der Waals surface area contributed by atoms with E-state index < -0.39 is 10.0 Å². The zero-order valence-electron chi connectivity index (χ0n) is 11.4. The maximum atomic E-state index is 11.8. The summed E-state index contributed by atoms with van der Waals surface area (Å²) in [5.74, 6) is -0.0865. The van der Waals surface area contributed by atoms with Gasteiger partial charge in [-0.05, 0) is 17.7 Å². The topological polar surface area (TPSA) is 91.2 Å². The monoisotopic (exact) mass is 297 g/mol. The van der Waals surface area contributed by atoms with Crippen LogP contribution in [0.5, 0.6) is 0 Å². The van der Waals surface area contributed by atoms with Gasteiger partial charge in [0.2, 0.25) is 10.0 Å². The van der Waals surface area contributed by atoms with Gasteiger partial charge in [0.1, 0.15) is 0 Å². The number of nitriles is 1. The van der Waals surface area contributed by atoms with Crippen LogP contribution in [0.1, 0.15) is 11.1 Å². The quantitative estimate of drug-likeness (QED) is 0.636. The molecule has 2 N–H and O–H groups in total. The number of ether oxygens (including phenoxy) is 1. The molecule has 0 amide bonds. The molecule has 0 aliphatic carbocycles. The van der Waals surface area contributed by atoms with Crippen LogP contribution in [0.25, 0.3) is 0 Å². The Morgan fingerprint density at radius 2 is 1.90 bits per heavy atom. The van der Waals surface area contributed by atoms with E-state index in [-0.39, 0.29) is 5.75 Å². The lowest BCUT2D eigenvalue weighted by Gasteiger charge is -2.08. The van der Waals surface area contributed by atoms with E-state index in [2.05, 4.69) is 10.0 Å². The maximum absolute atomic E-state index is 11.8. The summed E-state index contributed by atoms with van der Waals surface area (Å²) in [7, 11) is -1.74. The number of sulfonamides is 1. The zero-order valence-corrected chi connectivity index (χ0v) is 12.2. The van der Waals surface area contributed by atoms with E-state index in [0.717, 1.165) is 0 Å². The Morgan fingerprint density at radius 3 is 2.50 bits per heavy atom. The first-order valence-electron chi connectivity index (χ1n) is 6.23. The van der Waals surface area contributed by atoms with Crippen LogP contribution < -0.4 is 10.0 Å². The predicted octanol–water partition coefficient (Wildman–Crippen LogP) is 0.214. The molecule has 0 atom stereocenters. The maximum Gasteiger partial charge on any atom is 0.215 e. The fraction of sp³-hybridized carbons (Fsp3) is 0.462. The molecular weight excluding hydrogens is 278 g/mol. The molecule has 6 nitrogen and oxygen atoms in total. The van der Waals surface area contributed by atoms with E-state index in [9.17, 15) is 8.42 Å². The Bertz CT molecular complexity index is 535. The van der Waals surface area contributed by atoms with Gasteiger partial charge in [-0.1, -0.05) is 12.1 Å². The average Bonchev–Trinajstić information content (AvgIpc) is 2.43. The van der Waals surface area contributed by atoms with Crippen LogP contribution in [0.2, 0.25) is 0 Å². The van der Waals surface area contributed by atoms with Gasteiger partial charge >= 0.3 is 0 Å². The number of hydrogen-bond donors (Lipinski definition) is 2. The van der Waals surface area contributed by atoms with E-state index in [1.807, 2.05) is 6.07 Å². The molecule has 20 heavy (non-hydrogen) atoms. The second-order valence-electron chi connectivity index (χ2n) is 4.20. The summed E-state index contributed by atoms with van der Waals surface area (Å²) >= 11 is 0. The molecule has 0 saturated carbocycles. The second-order valence-corrected chi connectivity index (χ2v) is 6.01. The fourth-order valence-corrected chi connectivity index (χ4v) is 2.69. The minimum atomic E-state index is -3.35. The molecule has 1 aromatic rings. The zero-order chi connectivity index (χ0) is 14.8. The standard InChI is InChI=1S/C13H19N3O3S/c1-19-9-8-15-6-7-16-20(17,18)11-13-4-2-12(10-14)3-5-13/h2-5,15-16H,6-9,11H2,1H3. The van der Waals surface area contributed by atoms with Crippen molar-refractivity contribution in [3.05, 3.63) is 35.4 Å². The number of benzene rings is 1. The van der Waals surface area contributed by atoms with Crippen LogP contribution in [0.4, 0.5) is 0 Å². The van der Waals surface area contributed by atoms with Crippen LogP contribution in [-0.2, 0) is 20.5 Å². The molecule has 0 radical (unpaired) electrons. The van der Waals surface area contributed by atoms with Gasteiger partial charge in [-0.25, -0.2) is 13.1 Å². The van der Waals surface area contributed by atoms with E-state index >= 15 is 0 Å². The highest BCUT2D eigenvalue weighted by Gasteiger charge is 2.10. The Balaban J connectivity index is 2.35. The van der Waals surface area contributed by atoms with E-state index in [4.69, 9.17) is 10.00 Å². The number of rotatable bonds is 9. The molecule has 0 aromatic heterocycles. The van der Waals surface area contributed by atoms with Gasteiger partial charge < -0.3 is 10.1 Å². The summed E-state index contributed by atoms with van der Waals surface area (Å²) < 4.78 is 31.0. The lowest BCUT2D eigenvalue weighted by atomic mass is 10.2. The van der Waals surface area contributed by atoms with Gasteiger partial charge in [-0.3, -0.25) is 0 Å². The third-order valence-corrected chi connectivity index (χ3v) is 3.90. The lowest BCUT2D eigenvalue weighted by Crippen LogP contribution is -2.33. The Hall–Kier alpha value is -1.46. The molecule has 0 bridgehead atoms. The van der Waals surface area contributed by atoms with Crippen molar-refractivity contribution in [3.8, 4) is 6.07 Å². The minimum Gasteiger partial charge on any atom is -0.383 e. The molecule has 0 fully saturated rings. The van der Waals surface area contributed by atoms with Crippen molar-refractivity contribution in [1.29, 1.82) is 5.26 Å². The Morgan fingerprint density at radius 1 is 1.20 bits per heavy atom. The first-order chi connectivity index (χ1) is 9.57. The van der Waals surface area contributed by atoms with E-state index in [1.165, 1.54) is 0 Å². The number of methoxy groups -OCH3 is 1. The second kappa shape index (κ2) is 8.66. The van der Waals surface area contributed by atoms with Gasteiger partial charge in [-0.2, -0.15) is 5.26 Å². The molecule has 0 unspecified atom stereocenters. The minimum absolute atomic E-state index is 0.0865. The molecule has 0 saturated heterocycles. The summed E-state index contributed by atoms with van der Waals surface area (Å²) in [6.07, 6.45) is 0. The van der Waals surface area contributed by atoms with E-state index in [0.29, 0.717) is 37.4 Å². The predicted molar refractivity (Wildman–Crippen MR) is 76.5 cm³/mol. The molecule has 1 rings (SSSR count). The van der Waals surface area contributed by atoms with Crippen LogP contribution in [0, 0.1) is 11.3 Å². The molecule has 110 valence electrons. The SMILES string of the molecule is COCCNCCNS(=O)(=O)Cc1ccc(C#N)cc1. The third kappa shape index (κ3) is 6.63. The summed E-state index contributed by atoms with van der Waals surface area (Å²) in [5, 5.41) is 11.7. The molecular formula is C13H19N3O3S. The highest BCUT2D eigenvalue weighted by Crippen LogP contribution is 2.06. The van der Waals surface area contributed by atoms with Gasteiger partial charge in [0.15, 0.2) is 0 Å².